The number of benzene rings is 4. The summed E-state index contributed by atoms with van der Waals surface area (Å²) >= 11 is 0. The van der Waals surface area contributed by atoms with Crippen molar-refractivity contribution >= 4 is 43.9 Å². The monoisotopic (exact) mass is 566 g/mol. The zero-order chi connectivity index (χ0) is 29.0. The molecule has 1 aromatic heterocycles. The molecule has 0 fully saturated rings. The van der Waals surface area contributed by atoms with Crippen molar-refractivity contribution in [3.63, 3.8) is 0 Å². The Kier molecular flexibility index (Phi) is 7.89. The Morgan fingerprint density at radius 1 is 0.829 bits per heavy atom. The van der Waals surface area contributed by atoms with Gasteiger partial charge in [0.05, 0.1) is 28.4 Å². The first-order valence-electron chi connectivity index (χ1n) is 13.0. The Labute approximate surface area is 239 Å². The highest BCUT2D eigenvalue weighted by Gasteiger charge is 2.26. The molecule has 0 saturated carbocycles. The predicted molar refractivity (Wildman–Crippen MR) is 163 cm³/mol. The number of hydrogen-bond donors (Lipinski definition) is 2. The molecule has 0 spiro atoms. The smallest absolute Gasteiger partial charge is 0.242 e. The quantitative estimate of drug-likeness (QED) is 0.231. The fourth-order valence-electron chi connectivity index (χ4n) is 4.53. The van der Waals surface area contributed by atoms with Gasteiger partial charge in [0.25, 0.3) is 0 Å². The van der Waals surface area contributed by atoms with Gasteiger partial charge < -0.3 is 15.0 Å². The number of likely N-dealkylation sites (N-methyl/N-ethyl adjacent to an activating group) is 1. The summed E-state index contributed by atoms with van der Waals surface area (Å²) in [5.41, 5.74) is 4.25. The molecule has 9 heteroatoms. The largest absolute Gasteiger partial charge is 0.494 e. The number of carbonyl (C=O) groups is 1. The van der Waals surface area contributed by atoms with E-state index in [0.29, 0.717) is 28.2 Å². The van der Waals surface area contributed by atoms with Crippen LogP contribution in [0.3, 0.4) is 0 Å². The summed E-state index contributed by atoms with van der Waals surface area (Å²) in [6.07, 6.45) is 0. The molecule has 8 nitrogen and oxygen atoms in total. The van der Waals surface area contributed by atoms with Crippen molar-refractivity contribution in [2.75, 3.05) is 24.9 Å². The van der Waals surface area contributed by atoms with Gasteiger partial charge in [-0.25, -0.2) is 13.4 Å². The number of aliphatic imine (C=N–C) groups is 1. The third kappa shape index (κ3) is 6.15. The van der Waals surface area contributed by atoms with Gasteiger partial charge in [-0.2, -0.15) is 0 Å². The molecular weight excluding hydrogens is 536 g/mol. The average molecular weight is 567 g/mol. The van der Waals surface area contributed by atoms with Crippen molar-refractivity contribution in [1.82, 2.24) is 9.88 Å². The standard InChI is InChI=1S/C32H30N4O4S/c1-35(2)29(37)21-36(41(39,40)22-23-11-5-3-6-12-23)26-19-17-25(18-20-26)33-31(24-13-7-4-8-14-24)30-27-15-9-10-16-28(27)34-32(30)38/h3-20,34,38H,21-22H2,1-2H3. The van der Waals surface area contributed by atoms with Crippen LogP contribution in [0, 0.1) is 0 Å². The van der Waals surface area contributed by atoms with Crippen molar-refractivity contribution in [2.24, 2.45) is 4.99 Å². The molecule has 208 valence electrons. The van der Waals surface area contributed by atoms with Gasteiger partial charge >= 0.3 is 0 Å². The SMILES string of the molecule is CN(C)C(=O)CN(c1ccc(N=C(c2ccccc2)c2c(O)[nH]c3ccccc23)cc1)S(=O)(=O)Cc1ccccc1. The molecule has 0 aliphatic rings. The molecule has 41 heavy (non-hydrogen) atoms. The highest BCUT2D eigenvalue weighted by molar-refractivity contribution is 7.92. The molecule has 0 aliphatic heterocycles. The van der Waals surface area contributed by atoms with Crippen LogP contribution < -0.4 is 4.31 Å². The topological polar surface area (TPSA) is 106 Å². The highest BCUT2D eigenvalue weighted by Crippen LogP contribution is 2.32. The summed E-state index contributed by atoms with van der Waals surface area (Å²) in [7, 11) is -0.707. The molecule has 0 unspecified atom stereocenters. The minimum absolute atomic E-state index is 0.00537. The lowest BCUT2D eigenvalue weighted by atomic mass is 10.0. The summed E-state index contributed by atoms with van der Waals surface area (Å²) in [6.45, 7) is -0.330. The number of nitrogens with zero attached hydrogens (tertiary/aromatic N) is 3. The normalized spacial score (nSPS) is 11.9. The zero-order valence-electron chi connectivity index (χ0n) is 22.7. The van der Waals surface area contributed by atoms with Crippen LogP contribution in [-0.2, 0) is 20.6 Å². The summed E-state index contributed by atoms with van der Waals surface area (Å²) in [6, 6.07) is 32.7. The highest BCUT2D eigenvalue weighted by atomic mass is 32.2. The Bertz CT molecular complexity index is 1800. The van der Waals surface area contributed by atoms with Gasteiger partial charge in [-0.15, -0.1) is 0 Å². The summed E-state index contributed by atoms with van der Waals surface area (Å²) in [5, 5.41) is 11.7. The first-order valence-corrected chi connectivity index (χ1v) is 14.6. The maximum Gasteiger partial charge on any atom is 0.242 e. The van der Waals surface area contributed by atoms with Crippen LogP contribution >= 0.6 is 0 Å². The van der Waals surface area contributed by atoms with Crippen molar-refractivity contribution < 1.29 is 18.3 Å². The van der Waals surface area contributed by atoms with Crippen molar-refractivity contribution in [3.8, 4) is 5.88 Å². The van der Waals surface area contributed by atoms with Crippen LogP contribution in [0.1, 0.15) is 16.7 Å². The van der Waals surface area contributed by atoms with E-state index in [1.165, 1.54) is 4.90 Å². The molecule has 2 N–H and O–H groups in total. The van der Waals surface area contributed by atoms with E-state index in [0.717, 1.165) is 20.8 Å². The summed E-state index contributed by atoms with van der Waals surface area (Å²) in [5.74, 6) is -0.581. The third-order valence-electron chi connectivity index (χ3n) is 6.65. The second-order valence-electron chi connectivity index (χ2n) is 9.77. The van der Waals surface area contributed by atoms with Gasteiger partial charge in [0.2, 0.25) is 15.9 Å². The number of aromatic hydroxyl groups is 1. The lowest BCUT2D eigenvalue weighted by Crippen LogP contribution is -2.41. The van der Waals surface area contributed by atoms with E-state index in [4.69, 9.17) is 4.99 Å². The van der Waals surface area contributed by atoms with Gasteiger partial charge in [0.1, 0.15) is 6.54 Å². The Morgan fingerprint density at radius 2 is 1.44 bits per heavy atom. The predicted octanol–water partition coefficient (Wildman–Crippen LogP) is 5.47. The number of aromatic nitrogens is 1. The number of rotatable bonds is 9. The minimum Gasteiger partial charge on any atom is -0.494 e. The summed E-state index contributed by atoms with van der Waals surface area (Å²) < 4.78 is 28.2. The molecule has 1 heterocycles. The zero-order valence-corrected chi connectivity index (χ0v) is 23.5. The van der Waals surface area contributed by atoms with Gasteiger partial charge in [0, 0.05) is 30.6 Å². The lowest BCUT2D eigenvalue weighted by molar-refractivity contribution is -0.127. The number of aromatic amines is 1. The first kappa shape index (κ1) is 27.7. The van der Waals surface area contributed by atoms with Crippen molar-refractivity contribution in [2.45, 2.75) is 5.75 Å². The van der Waals surface area contributed by atoms with Gasteiger partial charge in [-0.1, -0.05) is 78.9 Å². The fraction of sp³-hybridized carbons (Fsp3) is 0.125. The van der Waals surface area contributed by atoms with Crippen LogP contribution in [0.2, 0.25) is 0 Å². The van der Waals surface area contributed by atoms with Gasteiger partial charge in [0.15, 0.2) is 5.88 Å². The third-order valence-corrected chi connectivity index (χ3v) is 8.36. The van der Waals surface area contributed by atoms with Crippen molar-refractivity contribution in [1.29, 1.82) is 0 Å². The van der Waals surface area contributed by atoms with Crippen LogP contribution in [0.15, 0.2) is 114 Å². The van der Waals surface area contributed by atoms with E-state index in [9.17, 15) is 18.3 Å². The van der Waals surface area contributed by atoms with Crippen molar-refractivity contribution in [3.05, 3.63) is 126 Å². The molecule has 1 amide bonds. The Morgan fingerprint density at radius 3 is 2.10 bits per heavy atom. The maximum atomic E-state index is 13.5. The van der Waals surface area contributed by atoms with E-state index >= 15 is 0 Å². The summed E-state index contributed by atoms with van der Waals surface area (Å²) in [4.78, 5) is 21.9. The number of sulfonamides is 1. The molecule has 4 aromatic carbocycles. The number of anilines is 1. The number of para-hydroxylation sites is 1. The van der Waals surface area contributed by atoms with Crippen LogP contribution in [-0.4, -0.2) is 55.7 Å². The number of H-pyrrole nitrogens is 1. The maximum absolute atomic E-state index is 13.5. The van der Waals surface area contributed by atoms with E-state index in [-0.39, 0.29) is 24.1 Å². The lowest BCUT2D eigenvalue weighted by Gasteiger charge is -2.25. The molecular formula is C32H30N4O4S. The average Bonchev–Trinajstić information content (AvgIpc) is 3.31. The first-order chi connectivity index (χ1) is 19.7. The van der Waals surface area contributed by atoms with E-state index in [1.54, 1.807) is 62.6 Å². The minimum atomic E-state index is -3.89. The van der Waals surface area contributed by atoms with E-state index in [2.05, 4.69) is 4.98 Å². The van der Waals surface area contributed by atoms with Gasteiger partial charge in [-0.3, -0.25) is 9.10 Å². The molecule has 5 rings (SSSR count). The number of nitrogens with one attached hydrogen (secondary N) is 1. The second kappa shape index (κ2) is 11.7. The Balaban J connectivity index is 1.55. The second-order valence-corrected chi connectivity index (χ2v) is 11.7. The number of carbonyl (C=O) groups excluding carboxylic acids is 1. The molecule has 5 aromatic rings. The van der Waals surface area contributed by atoms with Gasteiger partial charge in [-0.05, 0) is 35.9 Å². The van der Waals surface area contributed by atoms with Crippen LogP contribution in [0.25, 0.3) is 10.9 Å². The Hall–Kier alpha value is -4.89. The fourth-order valence-corrected chi connectivity index (χ4v) is 6.05. The molecule has 0 atom stereocenters. The molecule has 0 aliphatic carbocycles. The van der Waals surface area contributed by atoms with E-state index in [1.807, 2.05) is 60.7 Å². The van der Waals surface area contributed by atoms with Crippen LogP contribution in [0.4, 0.5) is 11.4 Å². The number of amides is 1. The molecule has 0 bridgehead atoms. The van der Waals surface area contributed by atoms with Crippen LogP contribution in [0.5, 0.6) is 5.88 Å². The molecule has 0 saturated heterocycles. The number of hydrogen-bond acceptors (Lipinski definition) is 5. The number of fused-ring (bicyclic) bond motifs is 1. The molecule has 0 radical (unpaired) electrons. The van der Waals surface area contributed by atoms with E-state index < -0.39 is 10.0 Å².